The lowest BCUT2D eigenvalue weighted by atomic mass is 10.2. The van der Waals surface area contributed by atoms with E-state index in [1.165, 1.54) is 0 Å². The third-order valence-electron chi connectivity index (χ3n) is 4.26. The van der Waals surface area contributed by atoms with Gasteiger partial charge in [-0.25, -0.2) is 9.78 Å². The first kappa shape index (κ1) is 17.1. The minimum Gasteiger partial charge on any atom is -0.317 e. The molecule has 25 heavy (non-hydrogen) atoms. The van der Waals surface area contributed by atoms with E-state index in [1.807, 2.05) is 19.1 Å². The highest BCUT2D eigenvalue weighted by atomic mass is 35.5. The lowest BCUT2D eigenvalue weighted by Crippen LogP contribution is -2.51. The summed E-state index contributed by atoms with van der Waals surface area (Å²) in [4.78, 5) is 19.4. The van der Waals surface area contributed by atoms with Crippen LogP contribution in [0.3, 0.4) is 0 Å². The summed E-state index contributed by atoms with van der Waals surface area (Å²) in [6.07, 6.45) is 1.80. The number of hydrogen-bond donors (Lipinski definition) is 1. The molecule has 2 heterocycles. The number of amides is 2. The summed E-state index contributed by atoms with van der Waals surface area (Å²) in [6, 6.07) is 11.1. The van der Waals surface area contributed by atoms with Gasteiger partial charge in [-0.2, -0.15) is 5.26 Å². The molecular weight excluding hydrogens is 338 g/mol. The number of rotatable bonds is 2. The van der Waals surface area contributed by atoms with Gasteiger partial charge in [0.15, 0.2) is 0 Å². The van der Waals surface area contributed by atoms with Crippen molar-refractivity contribution >= 4 is 29.1 Å². The first-order chi connectivity index (χ1) is 12.1. The number of nitrogens with zero attached hydrogens (tertiary/aromatic N) is 3. The van der Waals surface area contributed by atoms with Crippen molar-refractivity contribution in [3.05, 3.63) is 52.7 Å². The smallest absolute Gasteiger partial charge is 0.317 e. The minimum atomic E-state index is -0.142. The Hall–Kier alpha value is -2.78. The van der Waals surface area contributed by atoms with Crippen molar-refractivity contribution in [2.24, 2.45) is 0 Å². The average Bonchev–Trinajstić information content (AvgIpc) is 2.65. The molecule has 0 unspecified atom stereocenters. The van der Waals surface area contributed by atoms with E-state index < -0.39 is 0 Å². The van der Waals surface area contributed by atoms with Crippen molar-refractivity contribution in [2.75, 3.05) is 36.4 Å². The predicted octanol–water partition coefficient (Wildman–Crippen LogP) is 2.69. The van der Waals surface area contributed by atoms with E-state index in [9.17, 15) is 10.1 Å². The third kappa shape index (κ3) is 3.83. The summed E-state index contributed by atoms with van der Waals surface area (Å²) in [7, 11) is 0. The van der Waals surface area contributed by atoms with Crippen LogP contribution in [0.25, 0.3) is 0 Å². The fourth-order valence-electron chi connectivity index (χ4n) is 2.79. The summed E-state index contributed by atoms with van der Waals surface area (Å²) >= 11 is 6.10. The van der Waals surface area contributed by atoms with Gasteiger partial charge >= 0.3 is 6.03 Å². The highest BCUT2D eigenvalue weighted by molar-refractivity contribution is 6.31. The first-order valence-corrected chi connectivity index (χ1v) is 8.44. The molecule has 7 heteroatoms. The maximum absolute atomic E-state index is 12.4. The van der Waals surface area contributed by atoms with Crippen LogP contribution in [0.15, 0.2) is 36.5 Å². The van der Waals surface area contributed by atoms with Crippen LogP contribution in [-0.4, -0.2) is 37.1 Å². The van der Waals surface area contributed by atoms with Crippen LogP contribution >= 0.6 is 11.6 Å². The predicted molar refractivity (Wildman–Crippen MR) is 96.7 cm³/mol. The molecule has 0 bridgehead atoms. The van der Waals surface area contributed by atoms with Crippen molar-refractivity contribution in [3.8, 4) is 6.07 Å². The van der Waals surface area contributed by atoms with Gasteiger partial charge in [0.25, 0.3) is 5.82 Å². The van der Waals surface area contributed by atoms with Crippen LogP contribution in [0.2, 0.25) is 5.02 Å². The highest BCUT2D eigenvalue weighted by Crippen LogP contribution is 2.21. The Morgan fingerprint density at radius 2 is 2.04 bits per heavy atom. The number of aromatic nitrogens is 1. The molecule has 2 amide bonds. The summed E-state index contributed by atoms with van der Waals surface area (Å²) in [6.45, 7) is 4.41. The van der Waals surface area contributed by atoms with E-state index in [0.717, 1.165) is 11.4 Å². The van der Waals surface area contributed by atoms with Crippen molar-refractivity contribution in [2.45, 2.75) is 6.92 Å². The van der Waals surface area contributed by atoms with Crippen LogP contribution in [0, 0.1) is 18.3 Å². The molecule has 1 aromatic carbocycles. The molecule has 128 valence electrons. The summed E-state index contributed by atoms with van der Waals surface area (Å²) in [5.74, 6) is 0.801. The number of anilines is 2. The third-order valence-corrected chi connectivity index (χ3v) is 4.67. The topological polar surface area (TPSA) is 73.5 Å². The zero-order valence-corrected chi connectivity index (χ0v) is 14.7. The van der Waals surface area contributed by atoms with E-state index in [-0.39, 0.29) is 6.03 Å². The Morgan fingerprint density at radius 1 is 1.28 bits per heavy atom. The van der Waals surface area contributed by atoms with E-state index in [4.69, 9.17) is 11.6 Å². The number of carbonyl (C=O) groups excluding carboxylic acids is 1. The highest BCUT2D eigenvalue weighted by Gasteiger charge is 2.28. The zero-order valence-electron chi connectivity index (χ0n) is 13.9. The molecular formula is C18H19ClN5O+. The average molecular weight is 357 g/mol. The number of urea groups is 1. The molecule has 0 spiro atoms. The molecule has 1 saturated heterocycles. The van der Waals surface area contributed by atoms with Gasteiger partial charge < -0.3 is 10.2 Å². The van der Waals surface area contributed by atoms with Crippen molar-refractivity contribution in [1.29, 1.82) is 5.26 Å². The van der Waals surface area contributed by atoms with E-state index in [1.54, 1.807) is 29.3 Å². The molecule has 0 atom stereocenters. The molecule has 1 aliphatic rings. The Bertz CT molecular complexity index is 824. The number of carbonyl (C=O) groups is 1. The van der Waals surface area contributed by atoms with E-state index in [0.29, 0.717) is 42.5 Å². The number of benzene rings is 1. The van der Waals surface area contributed by atoms with E-state index >= 15 is 0 Å². The Labute approximate surface area is 151 Å². The number of nitriles is 1. The van der Waals surface area contributed by atoms with Gasteiger partial charge in [-0.05, 0) is 36.8 Å². The monoisotopic (exact) mass is 356 g/mol. The van der Waals surface area contributed by atoms with Gasteiger partial charge in [0, 0.05) is 10.7 Å². The van der Waals surface area contributed by atoms with Gasteiger partial charge in [-0.15, -0.1) is 0 Å². The number of pyridine rings is 1. The van der Waals surface area contributed by atoms with Gasteiger partial charge in [-0.1, -0.05) is 17.7 Å². The van der Waals surface area contributed by atoms with Gasteiger partial charge in [0.05, 0.1) is 19.3 Å². The number of piperazine rings is 1. The maximum Gasteiger partial charge on any atom is 0.322 e. The Balaban J connectivity index is 1.61. The number of aromatic amines is 1. The van der Waals surface area contributed by atoms with Crippen LogP contribution in [0.4, 0.5) is 16.3 Å². The largest absolute Gasteiger partial charge is 0.322 e. The number of hydrogen-bond acceptors (Lipinski definition) is 3. The van der Waals surface area contributed by atoms with Crippen LogP contribution in [0.1, 0.15) is 11.1 Å². The lowest BCUT2D eigenvalue weighted by Gasteiger charge is -2.31. The molecule has 0 saturated carbocycles. The normalized spacial score (nSPS) is 14.1. The Morgan fingerprint density at radius 3 is 2.72 bits per heavy atom. The van der Waals surface area contributed by atoms with Crippen LogP contribution in [0.5, 0.6) is 0 Å². The Kier molecular flexibility index (Phi) is 5.05. The summed E-state index contributed by atoms with van der Waals surface area (Å²) in [5.41, 5.74) is 2.27. The molecule has 1 aromatic heterocycles. The number of aryl methyl sites for hydroxylation is 1. The van der Waals surface area contributed by atoms with Crippen molar-refractivity contribution in [3.63, 3.8) is 0 Å². The standard InChI is InChI=1S/C18H18ClN5O/c1-13-4-5-15(11-16(13)19)22-18(25)24-9-7-23(8-10-24)17-14(12-20)3-2-6-21-17/h2-6,11H,7-10H2,1H3,(H,22,25)/p+1. The number of halogens is 1. The minimum absolute atomic E-state index is 0.142. The molecule has 2 N–H and O–H groups in total. The van der Waals surface area contributed by atoms with Gasteiger partial charge in [0.2, 0.25) is 0 Å². The van der Waals surface area contributed by atoms with Gasteiger partial charge in [-0.3, -0.25) is 4.90 Å². The maximum atomic E-state index is 12.4. The SMILES string of the molecule is Cc1ccc(NC(=O)N2CCN(c3[nH+]cccc3C#N)CC2)cc1Cl. The van der Waals surface area contributed by atoms with Gasteiger partial charge in [0.1, 0.15) is 24.7 Å². The molecule has 0 radical (unpaired) electrons. The van der Waals surface area contributed by atoms with Crippen LogP contribution in [-0.2, 0) is 0 Å². The second-order valence-corrected chi connectivity index (χ2v) is 6.32. The first-order valence-electron chi connectivity index (χ1n) is 8.06. The van der Waals surface area contributed by atoms with Crippen molar-refractivity contribution < 1.29 is 9.78 Å². The number of H-pyrrole nitrogens is 1. The fourth-order valence-corrected chi connectivity index (χ4v) is 2.97. The number of nitrogens with one attached hydrogen (secondary N) is 2. The molecule has 6 nitrogen and oxygen atoms in total. The lowest BCUT2D eigenvalue weighted by molar-refractivity contribution is -0.364. The second-order valence-electron chi connectivity index (χ2n) is 5.91. The quantitative estimate of drug-likeness (QED) is 0.899. The fraction of sp³-hybridized carbons (Fsp3) is 0.278. The molecule has 1 fully saturated rings. The molecule has 1 aliphatic heterocycles. The van der Waals surface area contributed by atoms with Crippen molar-refractivity contribution in [1.82, 2.24) is 4.90 Å². The summed E-state index contributed by atoms with van der Waals surface area (Å²) < 4.78 is 0. The molecule has 3 rings (SSSR count). The molecule has 0 aliphatic carbocycles. The zero-order chi connectivity index (χ0) is 17.8. The second kappa shape index (κ2) is 7.41. The summed E-state index contributed by atoms with van der Waals surface area (Å²) in [5, 5.41) is 12.7. The van der Waals surface area contributed by atoms with E-state index in [2.05, 4.69) is 21.3 Å². The van der Waals surface area contributed by atoms with Crippen LogP contribution < -0.4 is 15.2 Å². The molecule has 2 aromatic rings.